The zero-order chi connectivity index (χ0) is 19.3. The zero-order valence-electron chi connectivity index (χ0n) is 13.9. The Bertz CT molecular complexity index is 811. The fourth-order valence-corrected chi connectivity index (χ4v) is 2.76. The van der Waals surface area contributed by atoms with Gasteiger partial charge in [-0.15, -0.1) is 0 Å². The van der Waals surface area contributed by atoms with Gasteiger partial charge in [0.2, 0.25) is 11.8 Å². The van der Waals surface area contributed by atoms with E-state index in [0.717, 1.165) is 12.1 Å². The van der Waals surface area contributed by atoms with Crippen LogP contribution in [0.4, 0.5) is 14.5 Å². The Morgan fingerprint density at radius 1 is 1.12 bits per heavy atom. The standard InChI is InChI=1S/C18H16Cl2F2N2O2/c1-2-24(17(26)8-11-6-7-12(19)9-13(11)20)10-16(25)23-18-14(21)4-3-5-15(18)22/h3-7,9H,2,8,10H2,1H3,(H,23,25). The Kier molecular flexibility index (Phi) is 6.94. The van der Waals surface area contributed by atoms with Gasteiger partial charge in [0.05, 0.1) is 13.0 Å². The van der Waals surface area contributed by atoms with E-state index < -0.39 is 23.2 Å². The Hall–Kier alpha value is -2.18. The van der Waals surface area contributed by atoms with Crippen LogP contribution in [-0.4, -0.2) is 29.8 Å². The van der Waals surface area contributed by atoms with E-state index in [4.69, 9.17) is 23.2 Å². The maximum Gasteiger partial charge on any atom is 0.244 e. The van der Waals surface area contributed by atoms with Crippen molar-refractivity contribution in [2.24, 2.45) is 0 Å². The minimum absolute atomic E-state index is 0.0226. The minimum Gasteiger partial charge on any atom is -0.333 e. The first-order valence-electron chi connectivity index (χ1n) is 7.77. The minimum atomic E-state index is -0.888. The SMILES string of the molecule is CCN(CC(=O)Nc1c(F)cccc1F)C(=O)Cc1ccc(Cl)cc1Cl. The Balaban J connectivity index is 2.03. The van der Waals surface area contributed by atoms with Gasteiger partial charge in [-0.2, -0.15) is 0 Å². The number of amides is 2. The number of carbonyl (C=O) groups is 2. The summed E-state index contributed by atoms with van der Waals surface area (Å²) >= 11 is 11.9. The van der Waals surface area contributed by atoms with Crippen molar-refractivity contribution in [3.05, 3.63) is 63.6 Å². The van der Waals surface area contributed by atoms with E-state index in [1.807, 2.05) is 0 Å². The summed E-state index contributed by atoms with van der Waals surface area (Å²) < 4.78 is 27.2. The molecule has 0 aliphatic carbocycles. The molecule has 0 aromatic heterocycles. The topological polar surface area (TPSA) is 49.4 Å². The number of rotatable bonds is 6. The molecular formula is C18H16Cl2F2N2O2. The third-order valence-corrected chi connectivity index (χ3v) is 4.24. The van der Waals surface area contributed by atoms with Crippen molar-refractivity contribution in [2.75, 3.05) is 18.4 Å². The van der Waals surface area contributed by atoms with Gasteiger partial charge in [-0.05, 0) is 36.8 Å². The van der Waals surface area contributed by atoms with Crippen LogP contribution in [-0.2, 0) is 16.0 Å². The zero-order valence-corrected chi connectivity index (χ0v) is 15.4. The molecule has 138 valence electrons. The number of para-hydroxylation sites is 1. The van der Waals surface area contributed by atoms with Crippen LogP contribution in [0.2, 0.25) is 10.0 Å². The average molecular weight is 401 g/mol. The van der Waals surface area contributed by atoms with Gasteiger partial charge in [0.15, 0.2) is 0 Å². The molecule has 26 heavy (non-hydrogen) atoms. The summed E-state index contributed by atoms with van der Waals surface area (Å²) in [4.78, 5) is 25.7. The first-order valence-corrected chi connectivity index (χ1v) is 8.53. The van der Waals surface area contributed by atoms with E-state index in [1.165, 1.54) is 17.0 Å². The van der Waals surface area contributed by atoms with Gasteiger partial charge in [0, 0.05) is 16.6 Å². The van der Waals surface area contributed by atoms with Crippen LogP contribution in [0.25, 0.3) is 0 Å². The summed E-state index contributed by atoms with van der Waals surface area (Å²) in [6.07, 6.45) is -0.0226. The van der Waals surface area contributed by atoms with E-state index in [-0.39, 0.29) is 25.4 Å². The highest BCUT2D eigenvalue weighted by Gasteiger charge is 2.19. The van der Waals surface area contributed by atoms with Gasteiger partial charge in [-0.1, -0.05) is 35.3 Å². The molecule has 0 aliphatic rings. The predicted molar refractivity (Wildman–Crippen MR) is 97.4 cm³/mol. The fourth-order valence-electron chi connectivity index (χ4n) is 2.29. The summed E-state index contributed by atoms with van der Waals surface area (Å²) in [5.41, 5.74) is 0.0295. The molecule has 4 nitrogen and oxygen atoms in total. The van der Waals surface area contributed by atoms with Gasteiger partial charge < -0.3 is 10.2 Å². The quantitative estimate of drug-likeness (QED) is 0.785. The number of nitrogens with zero attached hydrogens (tertiary/aromatic N) is 1. The van der Waals surface area contributed by atoms with Crippen LogP contribution < -0.4 is 5.32 Å². The van der Waals surface area contributed by atoms with E-state index >= 15 is 0 Å². The van der Waals surface area contributed by atoms with Crippen LogP contribution in [0.1, 0.15) is 12.5 Å². The third-order valence-electron chi connectivity index (χ3n) is 3.65. The molecule has 0 bridgehead atoms. The predicted octanol–water partition coefficient (Wildman–Crippen LogP) is 4.30. The molecule has 0 fully saturated rings. The van der Waals surface area contributed by atoms with Crippen LogP contribution in [0, 0.1) is 11.6 Å². The third kappa shape index (κ3) is 5.16. The number of nitrogens with one attached hydrogen (secondary N) is 1. The Morgan fingerprint density at radius 2 is 1.77 bits per heavy atom. The first kappa shape index (κ1) is 20.1. The van der Waals surface area contributed by atoms with Gasteiger partial charge in [-0.3, -0.25) is 9.59 Å². The smallest absolute Gasteiger partial charge is 0.244 e. The van der Waals surface area contributed by atoms with Gasteiger partial charge >= 0.3 is 0 Å². The van der Waals surface area contributed by atoms with Crippen molar-refractivity contribution in [3.8, 4) is 0 Å². The maximum absolute atomic E-state index is 13.6. The molecule has 2 amide bonds. The molecule has 1 N–H and O–H groups in total. The second-order valence-electron chi connectivity index (χ2n) is 5.47. The number of hydrogen-bond donors (Lipinski definition) is 1. The van der Waals surface area contributed by atoms with Crippen LogP contribution >= 0.6 is 23.2 Å². The molecule has 0 saturated carbocycles. The lowest BCUT2D eigenvalue weighted by molar-refractivity contribution is -0.133. The highest BCUT2D eigenvalue weighted by atomic mass is 35.5. The Morgan fingerprint density at radius 3 is 2.35 bits per heavy atom. The second kappa shape index (κ2) is 8.96. The highest BCUT2D eigenvalue weighted by molar-refractivity contribution is 6.35. The molecule has 0 saturated heterocycles. The lowest BCUT2D eigenvalue weighted by Gasteiger charge is -2.21. The van der Waals surface area contributed by atoms with E-state index in [2.05, 4.69) is 5.32 Å². The number of anilines is 1. The second-order valence-corrected chi connectivity index (χ2v) is 6.31. The van der Waals surface area contributed by atoms with Crippen molar-refractivity contribution in [2.45, 2.75) is 13.3 Å². The van der Waals surface area contributed by atoms with Crippen LogP contribution in [0.5, 0.6) is 0 Å². The molecule has 0 spiro atoms. The average Bonchev–Trinajstić information content (AvgIpc) is 2.58. The molecule has 0 unspecified atom stereocenters. The lowest BCUT2D eigenvalue weighted by Crippen LogP contribution is -2.39. The number of hydrogen-bond acceptors (Lipinski definition) is 2. The number of carbonyl (C=O) groups excluding carboxylic acids is 2. The summed E-state index contributed by atoms with van der Waals surface area (Å²) in [6, 6.07) is 8.02. The van der Waals surface area contributed by atoms with Crippen molar-refractivity contribution < 1.29 is 18.4 Å². The molecule has 2 aromatic carbocycles. The monoisotopic (exact) mass is 400 g/mol. The van der Waals surface area contributed by atoms with Crippen molar-refractivity contribution in [1.29, 1.82) is 0 Å². The van der Waals surface area contributed by atoms with Gasteiger partial charge in [0.1, 0.15) is 17.3 Å². The van der Waals surface area contributed by atoms with E-state index in [9.17, 15) is 18.4 Å². The molecule has 8 heteroatoms. The molecular weight excluding hydrogens is 385 g/mol. The highest BCUT2D eigenvalue weighted by Crippen LogP contribution is 2.22. The van der Waals surface area contributed by atoms with Crippen LogP contribution in [0.3, 0.4) is 0 Å². The van der Waals surface area contributed by atoms with Crippen molar-refractivity contribution in [3.63, 3.8) is 0 Å². The molecule has 2 rings (SSSR count). The van der Waals surface area contributed by atoms with E-state index in [1.54, 1.807) is 19.1 Å². The number of benzene rings is 2. The Labute approximate surface area is 159 Å². The van der Waals surface area contributed by atoms with Crippen LogP contribution in [0.15, 0.2) is 36.4 Å². The van der Waals surface area contributed by atoms with Crippen molar-refractivity contribution in [1.82, 2.24) is 4.90 Å². The number of halogens is 4. The summed E-state index contributed by atoms with van der Waals surface area (Å²) in [7, 11) is 0. The molecule has 2 aromatic rings. The summed E-state index contributed by atoms with van der Waals surface area (Å²) in [6.45, 7) is 1.60. The van der Waals surface area contributed by atoms with E-state index in [0.29, 0.717) is 15.6 Å². The first-order chi connectivity index (χ1) is 12.3. The normalized spacial score (nSPS) is 10.5. The largest absolute Gasteiger partial charge is 0.333 e. The molecule has 0 radical (unpaired) electrons. The van der Waals surface area contributed by atoms with Gasteiger partial charge in [-0.25, -0.2) is 8.78 Å². The van der Waals surface area contributed by atoms with Crippen molar-refractivity contribution >= 4 is 40.7 Å². The fraction of sp³-hybridized carbons (Fsp3) is 0.222. The summed E-state index contributed by atoms with van der Waals surface area (Å²) in [5.74, 6) is -2.83. The maximum atomic E-state index is 13.6. The van der Waals surface area contributed by atoms with Gasteiger partial charge in [0.25, 0.3) is 0 Å². The molecule has 0 atom stereocenters. The number of likely N-dealkylation sites (N-methyl/N-ethyl adjacent to an activating group) is 1. The lowest BCUT2D eigenvalue weighted by atomic mass is 10.1. The molecule has 0 aliphatic heterocycles. The summed E-state index contributed by atoms with van der Waals surface area (Å²) in [5, 5.41) is 2.95. The molecule has 0 heterocycles.